The van der Waals surface area contributed by atoms with E-state index in [1.807, 2.05) is 0 Å². The van der Waals surface area contributed by atoms with E-state index in [2.05, 4.69) is 20.9 Å². The van der Waals surface area contributed by atoms with Crippen LogP contribution in [0.2, 0.25) is 0 Å². The number of benzene rings is 2. The average molecular weight is 501 g/mol. The van der Waals surface area contributed by atoms with Crippen LogP contribution in [0.15, 0.2) is 60.8 Å². The van der Waals surface area contributed by atoms with Crippen LogP contribution >= 0.6 is 0 Å². The summed E-state index contributed by atoms with van der Waals surface area (Å²) < 4.78 is 45.5. The highest BCUT2D eigenvalue weighted by Crippen LogP contribution is 2.32. The number of hydrogen-bond donors (Lipinski definition) is 3. The van der Waals surface area contributed by atoms with Gasteiger partial charge in [-0.05, 0) is 48.5 Å². The van der Waals surface area contributed by atoms with Crippen LogP contribution in [0, 0.1) is 0 Å². The smallest absolute Gasteiger partial charge is 0.416 e. The number of carbonyl (C=O) groups excluding carboxylic acids is 3. The monoisotopic (exact) mass is 501 g/mol. The number of aromatic nitrogens is 1. The van der Waals surface area contributed by atoms with Crippen LogP contribution < -0.4 is 25.6 Å². The van der Waals surface area contributed by atoms with E-state index < -0.39 is 23.7 Å². The summed E-state index contributed by atoms with van der Waals surface area (Å²) in [5.41, 5.74) is -0.914. The number of hydrogen-bond acceptors (Lipinski definition) is 5. The Morgan fingerprint density at radius 1 is 0.889 bits per heavy atom. The van der Waals surface area contributed by atoms with Crippen LogP contribution in [0.1, 0.15) is 26.4 Å². The number of rotatable bonds is 6. The fourth-order valence-corrected chi connectivity index (χ4v) is 3.06. The molecule has 3 N–H and O–H groups in total. The molecular weight excluding hydrogens is 479 g/mol. The van der Waals surface area contributed by atoms with Gasteiger partial charge in [0.1, 0.15) is 17.2 Å². The van der Waals surface area contributed by atoms with Gasteiger partial charge in [-0.3, -0.25) is 19.5 Å². The second-order valence-corrected chi connectivity index (χ2v) is 7.42. The first-order valence-electron chi connectivity index (χ1n) is 10.5. The van der Waals surface area contributed by atoms with E-state index >= 15 is 0 Å². The normalized spacial score (nSPS) is 10.8. The number of ether oxygens (including phenoxy) is 1. The molecular formula is C24H22F3N5O4. The van der Waals surface area contributed by atoms with Crippen LogP contribution in [-0.4, -0.2) is 44.0 Å². The first kappa shape index (κ1) is 26.0. The molecule has 36 heavy (non-hydrogen) atoms. The van der Waals surface area contributed by atoms with Crippen LogP contribution in [0.3, 0.4) is 0 Å². The zero-order chi connectivity index (χ0) is 26.5. The summed E-state index contributed by atoms with van der Waals surface area (Å²) in [5, 5.41) is 7.10. The zero-order valence-electron chi connectivity index (χ0n) is 19.4. The Bertz CT molecular complexity index is 1280. The highest BCUT2D eigenvalue weighted by Gasteiger charge is 2.32. The predicted octanol–water partition coefficient (Wildman–Crippen LogP) is 4.28. The van der Waals surface area contributed by atoms with Crippen LogP contribution in [0.25, 0.3) is 0 Å². The molecule has 0 atom stereocenters. The van der Waals surface area contributed by atoms with Gasteiger partial charge in [0, 0.05) is 50.3 Å². The number of carbonyl (C=O) groups is 3. The molecule has 0 unspecified atom stereocenters. The van der Waals surface area contributed by atoms with Gasteiger partial charge in [-0.2, -0.15) is 13.2 Å². The summed E-state index contributed by atoms with van der Waals surface area (Å²) in [7, 11) is 4.20. The third-order valence-electron chi connectivity index (χ3n) is 4.96. The molecule has 1 heterocycles. The Morgan fingerprint density at radius 3 is 2.17 bits per heavy atom. The number of amides is 4. The standard InChI is InChI=1S/C24H22F3N5O4/c1-28-21(33)14-10-15(24(25,26)27)12-16(11-14)31-23(35)32(3)17-4-6-18(7-5-17)36-19-8-9-30-20(13-19)22(34)29-2/h4-13H,1-3H3,(H,28,33)(H,29,34)(H,31,35). The molecule has 9 nitrogen and oxygen atoms in total. The van der Waals surface area contributed by atoms with E-state index in [1.165, 1.54) is 38.3 Å². The first-order chi connectivity index (χ1) is 17.0. The molecule has 0 saturated carbocycles. The van der Waals surface area contributed by atoms with Crippen molar-refractivity contribution < 1.29 is 32.3 Å². The fourth-order valence-electron chi connectivity index (χ4n) is 3.06. The van der Waals surface area contributed by atoms with Gasteiger partial charge in [0.25, 0.3) is 11.8 Å². The maximum absolute atomic E-state index is 13.3. The lowest BCUT2D eigenvalue weighted by Gasteiger charge is -2.19. The Hall–Kier alpha value is -4.61. The van der Waals surface area contributed by atoms with Crippen molar-refractivity contribution in [2.45, 2.75) is 6.18 Å². The minimum atomic E-state index is -4.71. The number of pyridine rings is 1. The van der Waals surface area contributed by atoms with Gasteiger partial charge in [0.05, 0.1) is 5.56 Å². The molecule has 0 aliphatic heterocycles. The summed E-state index contributed by atoms with van der Waals surface area (Å²) in [6, 6.07) is 11.2. The third-order valence-corrected chi connectivity index (χ3v) is 4.96. The largest absolute Gasteiger partial charge is 0.457 e. The molecule has 3 aromatic rings. The van der Waals surface area contributed by atoms with Crippen molar-refractivity contribution in [1.82, 2.24) is 15.6 Å². The predicted molar refractivity (Wildman–Crippen MR) is 126 cm³/mol. The van der Waals surface area contributed by atoms with Crippen LogP contribution in [0.5, 0.6) is 11.5 Å². The summed E-state index contributed by atoms with van der Waals surface area (Å²) in [5.74, 6) is -0.308. The van der Waals surface area contributed by atoms with Crippen molar-refractivity contribution in [3.05, 3.63) is 77.6 Å². The zero-order valence-corrected chi connectivity index (χ0v) is 19.4. The van der Waals surface area contributed by atoms with Gasteiger partial charge in [-0.25, -0.2) is 4.79 Å². The van der Waals surface area contributed by atoms with Crippen molar-refractivity contribution in [2.75, 3.05) is 31.4 Å². The van der Waals surface area contributed by atoms with Gasteiger partial charge in [-0.15, -0.1) is 0 Å². The van der Waals surface area contributed by atoms with Gasteiger partial charge in [0.2, 0.25) is 0 Å². The summed E-state index contributed by atoms with van der Waals surface area (Å²) >= 11 is 0. The van der Waals surface area contributed by atoms with Gasteiger partial charge in [-0.1, -0.05) is 0 Å². The lowest BCUT2D eigenvalue weighted by molar-refractivity contribution is -0.137. The fraction of sp³-hybridized carbons (Fsp3) is 0.167. The second-order valence-electron chi connectivity index (χ2n) is 7.42. The lowest BCUT2D eigenvalue weighted by atomic mass is 10.1. The molecule has 1 aromatic heterocycles. The SMILES string of the molecule is CNC(=O)c1cc(NC(=O)N(C)c2ccc(Oc3ccnc(C(=O)NC)c3)cc2)cc(C(F)(F)F)c1. The van der Waals surface area contributed by atoms with E-state index in [0.717, 1.165) is 12.1 Å². The van der Waals surface area contributed by atoms with Crippen molar-refractivity contribution >= 4 is 29.2 Å². The van der Waals surface area contributed by atoms with Crippen molar-refractivity contribution in [3.8, 4) is 11.5 Å². The molecule has 0 bridgehead atoms. The van der Waals surface area contributed by atoms with Crippen molar-refractivity contribution in [2.24, 2.45) is 0 Å². The Kier molecular flexibility index (Phi) is 7.77. The average Bonchev–Trinajstić information content (AvgIpc) is 2.87. The maximum atomic E-state index is 13.3. The van der Waals surface area contributed by atoms with E-state index in [4.69, 9.17) is 4.74 Å². The minimum Gasteiger partial charge on any atom is -0.457 e. The molecule has 0 saturated heterocycles. The quantitative estimate of drug-likeness (QED) is 0.467. The number of alkyl halides is 3. The number of anilines is 2. The molecule has 2 aromatic carbocycles. The first-order valence-corrected chi connectivity index (χ1v) is 10.5. The second kappa shape index (κ2) is 10.8. The number of urea groups is 1. The molecule has 12 heteroatoms. The maximum Gasteiger partial charge on any atom is 0.416 e. The van der Waals surface area contributed by atoms with Crippen molar-refractivity contribution in [1.29, 1.82) is 0 Å². The number of nitrogens with one attached hydrogen (secondary N) is 3. The lowest BCUT2D eigenvalue weighted by Crippen LogP contribution is -2.31. The molecule has 0 fully saturated rings. The number of halogens is 3. The highest BCUT2D eigenvalue weighted by atomic mass is 19.4. The molecule has 188 valence electrons. The Balaban J connectivity index is 1.74. The van der Waals surface area contributed by atoms with Crippen LogP contribution in [-0.2, 0) is 6.18 Å². The molecule has 0 aliphatic rings. The van der Waals surface area contributed by atoms with E-state index in [9.17, 15) is 27.6 Å². The van der Waals surface area contributed by atoms with E-state index in [1.54, 1.807) is 30.3 Å². The minimum absolute atomic E-state index is 0.178. The summed E-state index contributed by atoms with van der Waals surface area (Å²) in [4.78, 5) is 41.4. The molecule has 0 spiro atoms. The Labute approximate surface area is 204 Å². The van der Waals surface area contributed by atoms with Crippen molar-refractivity contribution in [3.63, 3.8) is 0 Å². The van der Waals surface area contributed by atoms with E-state index in [-0.39, 0.29) is 22.9 Å². The molecule has 0 radical (unpaired) electrons. The Morgan fingerprint density at radius 2 is 1.56 bits per heavy atom. The van der Waals surface area contributed by atoms with Gasteiger partial charge >= 0.3 is 12.2 Å². The third kappa shape index (κ3) is 6.29. The van der Waals surface area contributed by atoms with Crippen LogP contribution in [0.4, 0.5) is 29.3 Å². The van der Waals surface area contributed by atoms with Gasteiger partial charge in [0.15, 0.2) is 0 Å². The molecule has 3 rings (SSSR count). The van der Waals surface area contributed by atoms with E-state index in [0.29, 0.717) is 23.3 Å². The molecule has 0 aliphatic carbocycles. The highest BCUT2D eigenvalue weighted by molar-refractivity contribution is 6.02. The topological polar surface area (TPSA) is 113 Å². The summed E-state index contributed by atoms with van der Waals surface area (Å²) in [6.07, 6.45) is -3.28. The number of nitrogens with zero attached hydrogens (tertiary/aromatic N) is 2. The molecule has 4 amide bonds. The van der Waals surface area contributed by atoms with Gasteiger partial charge < -0.3 is 20.7 Å². The summed E-state index contributed by atoms with van der Waals surface area (Å²) in [6.45, 7) is 0.